The van der Waals surface area contributed by atoms with Crippen LogP contribution < -0.4 is 0 Å². The second-order valence-corrected chi connectivity index (χ2v) is 5.19. The summed E-state index contributed by atoms with van der Waals surface area (Å²) in [7, 11) is -3.02. The maximum atomic E-state index is 11.1. The number of azide groups is 1. The molecule has 0 aliphatic rings. The van der Waals surface area contributed by atoms with Crippen LogP contribution >= 0.6 is 0 Å². The van der Waals surface area contributed by atoms with Gasteiger partial charge >= 0.3 is 0 Å². The van der Waals surface area contributed by atoms with Gasteiger partial charge in [-0.3, -0.25) is 0 Å². The molecule has 0 N–H and O–H groups in total. The molecule has 0 bridgehead atoms. The van der Waals surface area contributed by atoms with Crippen LogP contribution in [0.1, 0.15) is 13.8 Å². The number of rotatable bonds is 5. The van der Waals surface area contributed by atoms with Crippen molar-refractivity contribution in [3.05, 3.63) is 10.4 Å². The molecule has 0 amide bonds. The Kier molecular flexibility index (Phi) is 4.70. The first kappa shape index (κ1) is 11.3. The molecule has 0 aliphatic heterocycles. The van der Waals surface area contributed by atoms with E-state index < -0.39 is 9.84 Å². The minimum atomic E-state index is -3.02. The van der Waals surface area contributed by atoms with Gasteiger partial charge < -0.3 is 0 Å². The van der Waals surface area contributed by atoms with Gasteiger partial charge in [0, 0.05) is 11.5 Å². The SMILES string of the molecule is CC(C)CS(=O)(=O)CCN=[N+]=[N-]. The second-order valence-electron chi connectivity index (χ2n) is 2.96. The highest BCUT2D eigenvalue weighted by Crippen LogP contribution is 2.00. The smallest absolute Gasteiger partial charge is 0.150 e. The van der Waals surface area contributed by atoms with E-state index in [1.54, 1.807) is 0 Å². The molecular weight excluding hydrogens is 178 g/mol. The zero-order valence-corrected chi connectivity index (χ0v) is 8.08. The lowest BCUT2D eigenvalue weighted by Crippen LogP contribution is -2.16. The van der Waals surface area contributed by atoms with Gasteiger partial charge in [-0.05, 0) is 11.4 Å². The molecule has 0 aliphatic carbocycles. The zero-order valence-electron chi connectivity index (χ0n) is 7.27. The molecule has 0 aromatic heterocycles. The third-order valence-electron chi connectivity index (χ3n) is 1.15. The molecule has 70 valence electrons. The second kappa shape index (κ2) is 5.00. The summed E-state index contributed by atoms with van der Waals surface area (Å²) < 4.78 is 22.3. The quantitative estimate of drug-likeness (QED) is 0.373. The summed E-state index contributed by atoms with van der Waals surface area (Å²) in [5.74, 6) is 0.240. The molecule has 0 heterocycles. The fraction of sp³-hybridized carbons (Fsp3) is 1.00. The van der Waals surface area contributed by atoms with Gasteiger partial charge in [-0.2, -0.15) is 0 Å². The Hall–Kier alpha value is -0.740. The van der Waals surface area contributed by atoms with Crippen LogP contribution in [0.4, 0.5) is 0 Å². The molecule has 0 atom stereocenters. The van der Waals surface area contributed by atoms with Crippen LogP contribution in [0, 0.1) is 5.92 Å². The van der Waals surface area contributed by atoms with Crippen LogP contribution in [0.25, 0.3) is 10.4 Å². The Bertz CT molecular complexity index is 265. The molecule has 0 aromatic rings. The lowest BCUT2D eigenvalue weighted by Gasteiger charge is -2.03. The predicted molar refractivity (Wildman–Crippen MR) is 47.5 cm³/mol. The molecule has 0 unspecified atom stereocenters. The monoisotopic (exact) mass is 191 g/mol. The third-order valence-corrected chi connectivity index (χ3v) is 3.13. The standard InChI is InChI=1S/C6H13N3O2S/c1-6(2)5-12(10,11)4-3-8-9-7/h6H,3-5H2,1-2H3. The van der Waals surface area contributed by atoms with E-state index in [0.717, 1.165) is 0 Å². The lowest BCUT2D eigenvalue weighted by molar-refractivity contribution is 0.582. The van der Waals surface area contributed by atoms with Crippen molar-refractivity contribution in [1.29, 1.82) is 0 Å². The first-order valence-electron chi connectivity index (χ1n) is 3.69. The summed E-state index contributed by atoms with van der Waals surface area (Å²) in [5.41, 5.74) is 7.91. The van der Waals surface area contributed by atoms with E-state index in [1.165, 1.54) is 0 Å². The highest BCUT2D eigenvalue weighted by Gasteiger charge is 2.11. The molecule has 0 radical (unpaired) electrons. The molecule has 0 rings (SSSR count). The fourth-order valence-electron chi connectivity index (χ4n) is 0.816. The van der Waals surface area contributed by atoms with Gasteiger partial charge in [0.05, 0.1) is 11.5 Å². The molecule has 0 saturated heterocycles. The molecule has 0 saturated carbocycles. The molecule has 0 fully saturated rings. The average molecular weight is 191 g/mol. The van der Waals surface area contributed by atoms with Crippen molar-refractivity contribution >= 4 is 9.84 Å². The van der Waals surface area contributed by atoms with Crippen molar-refractivity contribution in [3.8, 4) is 0 Å². The van der Waals surface area contributed by atoms with Gasteiger partial charge in [-0.15, -0.1) is 0 Å². The van der Waals surface area contributed by atoms with Crippen molar-refractivity contribution in [2.75, 3.05) is 18.1 Å². The number of hydrogen-bond donors (Lipinski definition) is 0. The maximum Gasteiger partial charge on any atom is 0.150 e. The van der Waals surface area contributed by atoms with Crippen molar-refractivity contribution in [3.63, 3.8) is 0 Å². The summed E-state index contributed by atoms with van der Waals surface area (Å²) in [5, 5.41) is 3.17. The van der Waals surface area contributed by atoms with Crippen molar-refractivity contribution in [2.45, 2.75) is 13.8 Å². The topological polar surface area (TPSA) is 82.9 Å². The van der Waals surface area contributed by atoms with Crippen LogP contribution in [-0.4, -0.2) is 26.5 Å². The lowest BCUT2D eigenvalue weighted by atomic mass is 10.3. The van der Waals surface area contributed by atoms with Gasteiger partial charge in [0.2, 0.25) is 0 Å². The van der Waals surface area contributed by atoms with E-state index in [0.29, 0.717) is 0 Å². The summed E-state index contributed by atoms with van der Waals surface area (Å²) in [6, 6.07) is 0. The summed E-state index contributed by atoms with van der Waals surface area (Å²) in [4.78, 5) is 2.48. The first-order chi connectivity index (χ1) is 5.48. The van der Waals surface area contributed by atoms with E-state index in [9.17, 15) is 8.42 Å². The Balaban J connectivity index is 3.97. The Morgan fingerprint density at radius 2 is 2.08 bits per heavy atom. The first-order valence-corrected chi connectivity index (χ1v) is 5.51. The van der Waals surface area contributed by atoms with Gasteiger partial charge in [0.15, 0.2) is 9.84 Å². The molecule has 12 heavy (non-hydrogen) atoms. The van der Waals surface area contributed by atoms with E-state index in [-0.39, 0.29) is 24.0 Å². The van der Waals surface area contributed by atoms with Gasteiger partial charge in [0.1, 0.15) is 0 Å². The van der Waals surface area contributed by atoms with E-state index in [4.69, 9.17) is 5.53 Å². The van der Waals surface area contributed by atoms with Crippen molar-refractivity contribution in [2.24, 2.45) is 11.0 Å². The van der Waals surface area contributed by atoms with Crippen LogP contribution in [-0.2, 0) is 9.84 Å². The third kappa shape index (κ3) is 6.00. The van der Waals surface area contributed by atoms with Crippen LogP contribution in [0.5, 0.6) is 0 Å². The molecule has 0 aromatic carbocycles. The van der Waals surface area contributed by atoms with Crippen LogP contribution in [0.3, 0.4) is 0 Å². The van der Waals surface area contributed by atoms with E-state index in [2.05, 4.69) is 10.0 Å². The van der Waals surface area contributed by atoms with Crippen molar-refractivity contribution < 1.29 is 8.42 Å². The summed E-state index contributed by atoms with van der Waals surface area (Å²) >= 11 is 0. The van der Waals surface area contributed by atoms with E-state index >= 15 is 0 Å². The Morgan fingerprint density at radius 3 is 2.50 bits per heavy atom. The minimum Gasteiger partial charge on any atom is -0.229 e. The molecule has 5 nitrogen and oxygen atoms in total. The normalized spacial score (nSPS) is 11.2. The summed E-state index contributed by atoms with van der Waals surface area (Å²) in [6.45, 7) is 3.71. The van der Waals surface area contributed by atoms with Gasteiger partial charge in [0.25, 0.3) is 0 Å². The average Bonchev–Trinajstić information content (AvgIpc) is 1.84. The maximum absolute atomic E-state index is 11.1. The Labute approximate surface area is 72.3 Å². The summed E-state index contributed by atoms with van der Waals surface area (Å²) in [6.07, 6.45) is 0. The molecule has 6 heteroatoms. The fourth-order valence-corrected chi connectivity index (χ4v) is 2.36. The van der Waals surface area contributed by atoms with Crippen LogP contribution in [0.15, 0.2) is 5.11 Å². The predicted octanol–water partition coefficient (Wildman–Crippen LogP) is 1.37. The largest absolute Gasteiger partial charge is 0.229 e. The zero-order chi connectivity index (χ0) is 9.61. The number of sulfone groups is 1. The van der Waals surface area contributed by atoms with Crippen LogP contribution in [0.2, 0.25) is 0 Å². The Morgan fingerprint density at radius 1 is 1.50 bits per heavy atom. The van der Waals surface area contributed by atoms with Gasteiger partial charge in [-0.25, -0.2) is 8.42 Å². The van der Waals surface area contributed by atoms with Crippen molar-refractivity contribution in [1.82, 2.24) is 0 Å². The van der Waals surface area contributed by atoms with Gasteiger partial charge in [-0.1, -0.05) is 19.0 Å². The minimum absolute atomic E-state index is 0.0333. The molecular formula is C6H13N3O2S. The number of hydrogen-bond acceptors (Lipinski definition) is 3. The highest BCUT2D eigenvalue weighted by molar-refractivity contribution is 7.91. The number of nitrogens with zero attached hydrogens (tertiary/aromatic N) is 3. The molecule has 0 spiro atoms. The highest BCUT2D eigenvalue weighted by atomic mass is 32.2. The van der Waals surface area contributed by atoms with E-state index in [1.807, 2.05) is 13.8 Å².